The fourth-order valence-electron chi connectivity index (χ4n) is 1.39. The highest BCUT2D eigenvalue weighted by Crippen LogP contribution is 2.16. The number of hydrogen-bond acceptors (Lipinski definition) is 4. The molecule has 1 aromatic rings. The minimum atomic E-state index is -1.96. The molecule has 0 aromatic carbocycles. The lowest BCUT2D eigenvalue weighted by Gasteiger charge is -2.18. The average molecular weight is 286 g/mol. The summed E-state index contributed by atoms with van der Waals surface area (Å²) in [7, 11) is 0. The lowest BCUT2D eigenvalue weighted by Crippen LogP contribution is -2.48. The molecule has 0 bridgehead atoms. The van der Waals surface area contributed by atoms with E-state index < -0.39 is 17.6 Å². The van der Waals surface area contributed by atoms with Crippen LogP contribution >= 0.6 is 11.3 Å². The first kappa shape index (κ1) is 15.5. The monoisotopic (exact) mass is 286 g/mol. The first-order valence-corrected chi connectivity index (χ1v) is 6.77. The third-order valence-corrected chi connectivity index (χ3v) is 3.65. The van der Waals surface area contributed by atoms with Crippen LogP contribution in [0.5, 0.6) is 0 Å². The number of aliphatic hydroxyl groups is 1. The van der Waals surface area contributed by atoms with Crippen molar-refractivity contribution in [3.05, 3.63) is 21.9 Å². The van der Waals surface area contributed by atoms with Crippen molar-refractivity contribution in [1.29, 1.82) is 0 Å². The summed E-state index contributed by atoms with van der Waals surface area (Å²) in [6.07, 6.45) is 0.899. The fourth-order valence-corrected chi connectivity index (χ4v) is 2.30. The van der Waals surface area contributed by atoms with Gasteiger partial charge in [-0.05, 0) is 30.4 Å². The van der Waals surface area contributed by atoms with Crippen LogP contribution < -0.4 is 10.6 Å². The van der Waals surface area contributed by atoms with Crippen LogP contribution in [-0.4, -0.2) is 34.4 Å². The fraction of sp³-hybridized carbons (Fsp3) is 0.500. The lowest BCUT2D eigenvalue weighted by molar-refractivity contribution is -0.155. The third kappa shape index (κ3) is 4.53. The van der Waals surface area contributed by atoms with E-state index >= 15 is 0 Å². The van der Waals surface area contributed by atoms with E-state index in [2.05, 4.69) is 10.6 Å². The molecule has 7 heteroatoms. The van der Waals surface area contributed by atoms with Gasteiger partial charge in [-0.2, -0.15) is 0 Å². The van der Waals surface area contributed by atoms with Crippen molar-refractivity contribution in [1.82, 2.24) is 10.6 Å². The van der Waals surface area contributed by atoms with Crippen molar-refractivity contribution in [2.45, 2.75) is 32.4 Å². The largest absolute Gasteiger partial charge is 0.479 e. The Morgan fingerprint density at radius 2 is 2.11 bits per heavy atom. The van der Waals surface area contributed by atoms with E-state index in [4.69, 9.17) is 5.11 Å². The summed E-state index contributed by atoms with van der Waals surface area (Å²) in [4.78, 5) is 23.2. The molecule has 2 amide bonds. The average Bonchev–Trinajstić information content (AvgIpc) is 2.81. The van der Waals surface area contributed by atoms with Crippen LogP contribution in [0.4, 0.5) is 4.79 Å². The Balaban J connectivity index is 2.39. The number of carboxylic acid groups (broad SMARTS) is 1. The molecule has 1 unspecified atom stereocenters. The normalized spacial score (nSPS) is 13.6. The number of carbonyl (C=O) groups is 2. The number of amides is 2. The highest BCUT2D eigenvalue weighted by Gasteiger charge is 2.30. The number of aliphatic carboxylic acids is 1. The molecule has 1 rings (SSSR count). The second-order valence-corrected chi connectivity index (χ2v) is 5.34. The van der Waals surface area contributed by atoms with Gasteiger partial charge in [-0.25, -0.2) is 9.59 Å². The van der Waals surface area contributed by atoms with Gasteiger partial charge in [0.25, 0.3) is 0 Å². The van der Waals surface area contributed by atoms with Gasteiger partial charge in [0.05, 0.1) is 13.1 Å². The van der Waals surface area contributed by atoms with Crippen LogP contribution in [0.1, 0.15) is 24.3 Å². The highest BCUT2D eigenvalue weighted by molar-refractivity contribution is 7.10. The minimum absolute atomic E-state index is 0.348. The molecule has 0 aliphatic rings. The van der Waals surface area contributed by atoms with Crippen LogP contribution in [0.3, 0.4) is 0 Å². The quantitative estimate of drug-likeness (QED) is 0.625. The Hall–Kier alpha value is -1.60. The van der Waals surface area contributed by atoms with Gasteiger partial charge in [0.2, 0.25) is 0 Å². The number of thiophene rings is 1. The first-order chi connectivity index (χ1) is 8.86. The summed E-state index contributed by atoms with van der Waals surface area (Å²) in [5, 5.41) is 25.0. The van der Waals surface area contributed by atoms with Crippen molar-refractivity contribution in [3.63, 3.8) is 0 Å². The third-order valence-electron chi connectivity index (χ3n) is 2.68. The Bertz CT molecular complexity index is 456. The van der Waals surface area contributed by atoms with Crippen molar-refractivity contribution >= 4 is 23.3 Å². The van der Waals surface area contributed by atoms with Crippen LogP contribution in [0, 0.1) is 0 Å². The molecular formula is C12H18N2O4S. The van der Waals surface area contributed by atoms with Crippen molar-refractivity contribution in [3.8, 4) is 0 Å². The number of carboxylic acids is 1. The zero-order valence-electron chi connectivity index (χ0n) is 10.9. The Morgan fingerprint density at radius 3 is 2.68 bits per heavy atom. The maximum Gasteiger partial charge on any atom is 0.337 e. The van der Waals surface area contributed by atoms with E-state index in [1.54, 1.807) is 11.3 Å². The summed E-state index contributed by atoms with van der Waals surface area (Å²) in [6.45, 7) is 3.21. The number of hydrogen-bond donors (Lipinski definition) is 4. The topological polar surface area (TPSA) is 98.7 Å². The Labute approximate surface area is 115 Å². The molecule has 0 spiro atoms. The zero-order chi connectivity index (χ0) is 14.5. The van der Waals surface area contributed by atoms with E-state index in [0.29, 0.717) is 6.54 Å². The molecule has 0 radical (unpaired) electrons. The number of aryl methyl sites for hydroxylation is 1. The van der Waals surface area contributed by atoms with E-state index in [9.17, 15) is 14.7 Å². The summed E-state index contributed by atoms with van der Waals surface area (Å²) < 4.78 is 0. The van der Waals surface area contributed by atoms with E-state index in [1.165, 1.54) is 5.56 Å². The molecule has 1 atom stereocenters. The van der Waals surface area contributed by atoms with Gasteiger partial charge in [-0.1, -0.05) is 6.92 Å². The number of urea groups is 1. The summed E-state index contributed by atoms with van der Waals surface area (Å²) in [5.74, 6) is -1.38. The van der Waals surface area contributed by atoms with Gasteiger partial charge in [0.15, 0.2) is 5.60 Å². The maximum atomic E-state index is 11.5. The molecule has 19 heavy (non-hydrogen) atoms. The van der Waals surface area contributed by atoms with Gasteiger partial charge >= 0.3 is 12.0 Å². The highest BCUT2D eigenvalue weighted by atomic mass is 32.1. The molecular weight excluding hydrogens is 268 g/mol. The second-order valence-electron chi connectivity index (χ2n) is 4.34. The predicted molar refractivity (Wildman–Crippen MR) is 72.2 cm³/mol. The standard InChI is InChI=1S/C12H18N2O4S/c1-3-8-4-5-19-9(8)6-13-11(17)14-7-12(2,18)10(15)16/h4-5,18H,3,6-7H2,1-2H3,(H,15,16)(H2,13,14,17). The first-order valence-electron chi connectivity index (χ1n) is 5.89. The maximum absolute atomic E-state index is 11.5. The van der Waals surface area contributed by atoms with Gasteiger partial charge in [0, 0.05) is 4.88 Å². The molecule has 106 valence electrons. The molecule has 1 heterocycles. The summed E-state index contributed by atoms with van der Waals surface area (Å²) in [5.41, 5.74) is -0.780. The second kappa shape index (κ2) is 6.53. The van der Waals surface area contributed by atoms with Crippen molar-refractivity contribution < 1.29 is 19.8 Å². The number of carbonyl (C=O) groups excluding carboxylic acids is 1. The Kier molecular flexibility index (Phi) is 5.31. The van der Waals surface area contributed by atoms with Crippen LogP contribution in [-0.2, 0) is 17.8 Å². The molecule has 4 N–H and O–H groups in total. The lowest BCUT2D eigenvalue weighted by atomic mass is 10.1. The van der Waals surface area contributed by atoms with E-state index in [1.807, 2.05) is 18.4 Å². The molecule has 0 saturated carbocycles. The number of rotatable bonds is 6. The zero-order valence-corrected chi connectivity index (χ0v) is 11.7. The molecule has 0 saturated heterocycles. The molecule has 0 aliphatic carbocycles. The summed E-state index contributed by atoms with van der Waals surface area (Å²) in [6, 6.07) is 1.51. The Morgan fingerprint density at radius 1 is 1.42 bits per heavy atom. The summed E-state index contributed by atoms with van der Waals surface area (Å²) >= 11 is 1.56. The molecule has 0 fully saturated rings. The number of nitrogens with one attached hydrogen (secondary N) is 2. The van der Waals surface area contributed by atoms with Crippen LogP contribution in [0.25, 0.3) is 0 Å². The van der Waals surface area contributed by atoms with Crippen molar-refractivity contribution in [2.75, 3.05) is 6.54 Å². The van der Waals surface area contributed by atoms with Gasteiger partial charge in [-0.3, -0.25) is 0 Å². The van der Waals surface area contributed by atoms with Crippen LogP contribution in [0.15, 0.2) is 11.4 Å². The van der Waals surface area contributed by atoms with Gasteiger partial charge in [0.1, 0.15) is 0 Å². The van der Waals surface area contributed by atoms with Crippen LogP contribution in [0.2, 0.25) is 0 Å². The minimum Gasteiger partial charge on any atom is -0.479 e. The van der Waals surface area contributed by atoms with Gasteiger partial charge < -0.3 is 20.8 Å². The molecule has 6 nitrogen and oxygen atoms in total. The van der Waals surface area contributed by atoms with E-state index in [0.717, 1.165) is 18.2 Å². The predicted octanol–water partition coefficient (Wildman–Crippen LogP) is 0.945. The smallest absolute Gasteiger partial charge is 0.337 e. The SMILES string of the molecule is CCc1ccsc1CNC(=O)NCC(C)(O)C(=O)O. The van der Waals surface area contributed by atoms with E-state index in [-0.39, 0.29) is 6.54 Å². The van der Waals surface area contributed by atoms with Crippen molar-refractivity contribution in [2.24, 2.45) is 0 Å². The van der Waals surface area contributed by atoms with Gasteiger partial charge in [-0.15, -0.1) is 11.3 Å². The molecule has 0 aliphatic heterocycles. The molecule has 1 aromatic heterocycles.